The van der Waals surface area contributed by atoms with Crippen molar-refractivity contribution in [2.45, 2.75) is 18.7 Å². The van der Waals surface area contributed by atoms with Gasteiger partial charge >= 0.3 is 0 Å². The van der Waals surface area contributed by atoms with Gasteiger partial charge < -0.3 is 5.32 Å². The van der Waals surface area contributed by atoms with Crippen LogP contribution in [0.4, 0.5) is 5.69 Å². The predicted molar refractivity (Wildman–Crippen MR) is 98.8 cm³/mol. The summed E-state index contributed by atoms with van der Waals surface area (Å²) >= 11 is 0. The zero-order chi connectivity index (χ0) is 18.9. The van der Waals surface area contributed by atoms with Crippen LogP contribution in [0, 0.1) is 13.8 Å². The molecule has 0 aliphatic carbocycles. The minimum atomic E-state index is -3.39. The van der Waals surface area contributed by atoms with Crippen LogP contribution >= 0.6 is 0 Å². The molecule has 0 spiro atoms. The number of aromatic amines is 1. The van der Waals surface area contributed by atoms with Crippen LogP contribution in [0.5, 0.6) is 0 Å². The Morgan fingerprint density at radius 3 is 2.54 bits per heavy atom. The van der Waals surface area contributed by atoms with E-state index in [-0.39, 0.29) is 10.8 Å². The highest BCUT2D eigenvalue weighted by molar-refractivity contribution is 7.90. The van der Waals surface area contributed by atoms with Crippen molar-refractivity contribution in [2.24, 2.45) is 0 Å². The van der Waals surface area contributed by atoms with Crippen LogP contribution < -0.4 is 5.32 Å². The summed E-state index contributed by atoms with van der Waals surface area (Å²) in [5.41, 5.74) is 2.33. The monoisotopic (exact) mass is 370 g/mol. The molecular formula is C18H18N4O3S. The molecule has 7 nitrogen and oxygen atoms in total. The summed E-state index contributed by atoms with van der Waals surface area (Å²) in [4.78, 5) is 17.0. The number of benzene rings is 2. The molecule has 0 saturated carbocycles. The van der Waals surface area contributed by atoms with Crippen LogP contribution in [0.15, 0.2) is 47.4 Å². The van der Waals surface area contributed by atoms with E-state index in [1.165, 1.54) is 12.1 Å². The van der Waals surface area contributed by atoms with Crippen molar-refractivity contribution in [3.05, 3.63) is 59.4 Å². The first-order chi connectivity index (χ1) is 12.2. The van der Waals surface area contributed by atoms with Crippen LogP contribution in [0.3, 0.4) is 0 Å². The molecule has 1 heterocycles. The van der Waals surface area contributed by atoms with Crippen molar-refractivity contribution in [3.8, 4) is 11.4 Å². The van der Waals surface area contributed by atoms with Crippen molar-refractivity contribution >= 4 is 21.4 Å². The summed E-state index contributed by atoms with van der Waals surface area (Å²) in [5, 5.41) is 9.67. The SMILES string of the molecule is Cc1nc(-c2cccc(NC(=O)c3cc(S(C)(=O)=O)ccc3C)c2)n[nH]1. The Bertz CT molecular complexity index is 1090. The fourth-order valence-corrected chi connectivity index (χ4v) is 3.13. The number of sulfone groups is 1. The zero-order valence-electron chi connectivity index (χ0n) is 14.6. The maximum atomic E-state index is 12.6. The lowest BCUT2D eigenvalue weighted by molar-refractivity contribution is 0.102. The van der Waals surface area contributed by atoms with E-state index in [2.05, 4.69) is 20.5 Å². The van der Waals surface area contributed by atoms with Crippen molar-refractivity contribution in [1.29, 1.82) is 0 Å². The molecule has 3 aromatic rings. The molecule has 8 heteroatoms. The Hall–Kier alpha value is -3.00. The molecule has 0 saturated heterocycles. The third-order valence-electron chi connectivity index (χ3n) is 3.86. The number of aryl methyl sites for hydroxylation is 2. The quantitative estimate of drug-likeness (QED) is 0.735. The Labute approximate surface area is 151 Å². The number of carbonyl (C=O) groups is 1. The van der Waals surface area contributed by atoms with E-state index in [4.69, 9.17) is 0 Å². The summed E-state index contributed by atoms with van der Waals surface area (Å²) in [6.07, 6.45) is 1.11. The first-order valence-corrected chi connectivity index (χ1v) is 9.75. The summed E-state index contributed by atoms with van der Waals surface area (Å²) < 4.78 is 23.5. The Kier molecular flexibility index (Phi) is 4.60. The van der Waals surface area contributed by atoms with Crippen molar-refractivity contribution < 1.29 is 13.2 Å². The van der Waals surface area contributed by atoms with E-state index in [1.807, 2.05) is 6.07 Å². The van der Waals surface area contributed by atoms with Crippen LogP contribution in [0.2, 0.25) is 0 Å². The standard InChI is InChI=1S/C18H18N4O3S/c1-11-7-8-15(26(3,24)25)10-16(11)18(23)20-14-6-4-5-13(9-14)17-19-12(2)21-22-17/h4-10H,1-3H3,(H,20,23)(H,19,21,22). The van der Waals surface area contributed by atoms with Gasteiger partial charge in [0.25, 0.3) is 5.91 Å². The van der Waals surface area contributed by atoms with Crippen molar-refractivity contribution in [1.82, 2.24) is 15.2 Å². The zero-order valence-corrected chi connectivity index (χ0v) is 15.4. The lowest BCUT2D eigenvalue weighted by atomic mass is 10.1. The summed E-state index contributed by atoms with van der Waals surface area (Å²) in [7, 11) is -3.39. The number of carbonyl (C=O) groups excluding carboxylic acids is 1. The van der Waals surface area contributed by atoms with Crippen LogP contribution in [-0.2, 0) is 9.84 Å². The third-order valence-corrected chi connectivity index (χ3v) is 4.97. The first-order valence-electron chi connectivity index (χ1n) is 7.85. The molecule has 0 radical (unpaired) electrons. The van der Waals surface area contributed by atoms with E-state index in [0.29, 0.717) is 28.5 Å². The molecular weight excluding hydrogens is 352 g/mol. The molecule has 1 aromatic heterocycles. The van der Waals surface area contributed by atoms with Gasteiger partial charge in [-0.05, 0) is 43.7 Å². The number of H-pyrrole nitrogens is 1. The summed E-state index contributed by atoms with van der Waals surface area (Å²) in [6.45, 7) is 3.56. The van der Waals surface area contributed by atoms with Gasteiger partial charge in [-0.15, -0.1) is 0 Å². The molecule has 0 aliphatic rings. The number of nitrogens with zero attached hydrogens (tertiary/aromatic N) is 2. The second kappa shape index (κ2) is 6.72. The molecule has 0 atom stereocenters. The van der Waals surface area contributed by atoms with Gasteiger partial charge in [-0.1, -0.05) is 18.2 Å². The van der Waals surface area contributed by atoms with Crippen molar-refractivity contribution in [3.63, 3.8) is 0 Å². The molecule has 0 unspecified atom stereocenters. The highest BCUT2D eigenvalue weighted by Gasteiger charge is 2.15. The molecule has 1 amide bonds. The van der Waals surface area contributed by atoms with Gasteiger partial charge in [-0.2, -0.15) is 5.10 Å². The Morgan fingerprint density at radius 2 is 1.88 bits per heavy atom. The molecule has 2 N–H and O–H groups in total. The lowest BCUT2D eigenvalue weighted by Crippen LogP contribution is -2.14. The van der Waals surface area contributed by atoms with Gasteiger partial charge in [0.15, 0.2) is 15.7 Å². The normalized spacial score (nSPS) is 11.3. The van der Waals surface area contributed by atoms with Crippen LogP contribution in [0.25, 0.3) is 11.4 Å². The minimum absolute atomic E-state index is 0.109. The molecule has 0 aliphatic heterocycles. The molecule has 26 heavy (non-hydrogen) atoms. The average molecular weight is 370 g/mol. The van der Waals surface area contributed by atoms with Crippen LogP contribution in [0.1, 0.15) is 21.7 Å². The highest BCUT2D eigenvalue weighted by Crippen LogP contribution is 2.21. The second-order valence-corrected chi connectivity index (χ2v) is 8.04. The molecule has 2 aromatic carbocycles. The average Bonchev–Trinajstić information content (AvgIpc) is 3.01. The van der Waals surface area contributed by atoms with E-state index >= 15 is 0 Å². The largest absolute Gasteiger partial charge is 0.322 e. The van der Waals surface area contributed by atoms with E-state index < -0.39 is 9.84 Å². The maximum Gasteiger partial charge on any atom is 0.255 e. The number of aromatic nitrogens is 3. The minimum Gasteiger partial charge on any atom is -0.322 e. The lowest BCUT2D eigenvalue weighted by Gasteiger charge is -2.10. The maximum absolute atomic E-state index is 12.6. The number of anilines is 1. The van der Waals surface area contributed by atoms with Crippen LogP contribution in [-0.4, -0.2) is 35.8 Å². The number of hydrogen-bond donors (Lipinski definition) is 2. The number of hydrogen-bond acceptors (Lipinski definition) is 5. The van der Waals surface area contributed by atoms with E-state index in [0.717, 1.165) is 11.8 Å². The molecule has 3 rings (SSSR count). The smallest absolute Gasteiger partial charge is 0.255 e. The van der Waals surface area contributed by atoms with E-state index in [9.17, 15) is 13.2 Å². The van der Waals surface area contributed by atoms with Gasteiger partial charge in [0, 0.05) is 23.1 Å². The van der Waals surface area contributed by atoms with E-state index in [1.54, 1.807) is 38.1 Å². The topological polar surface area (TPSA) is 105 Å². The van der Waals surface area contributed by atoms with Gasteiger partial charge in [-0.3, -0.25) is 9.89 Å². The fraction of sp³-hybridized carbons (Fsp3) is 0.167. The molecule has 134 valence electrons. The third kappa shape index (κ3) is 3.80. The Morgan fingerprint density at radius 1 is 1.12 bits per heavy atom. The predicted octanol–water partition coefficient (Wildman–Crippen LogP) is 2.74. The fourth-order valence-electron chi connectivity index (χ4n) is 2.48. The van der Waals surface area contributed by atoms with Gasteiger partial charge in [0.1, 0.15) is 5.82 Å². The highest BCUT2D eigenvalue weighted by atomic mass is 32.2. The number of rotatable bonds is 4. The summed E-state index contributed by atoms with van der Waals surface area (Å²) in [6, 6.07) is 11.6. The van der Waals surface area contributed by atoms with Crippen molar-refractivity contribution in [2.75, 3.05) is 11.6 Å². The first kappa shape index (κ1) is 17.8. The molecule has 0 fully saturated rings. The molecule has 0 bridgehead atoms. The van der Waals surface area contributed by atoms with Gasteiger partial charge in [-0.25, -0.2) is 13.4 Å². The summed E-state index contributed by atoms with van der Waals surface area (Å²) in [5.74, 6) is 0.854. The second-order valence-electron chi connectivity index (χ2n) is 6.03. The van der Waals surface area contributed by atoms with Gasteiger partial charge in [0.05, 0.1) is 4.90 Å². The Balaban J connectivity index is 1.89. The number of amides is 1. The number of nitrogens with one attached hydrogen (secondary N) is 2. The van der Waals surface area contributed by atoms with Gasteiger partial charge in [0.2, 0.25) is 0 Å².